The molecule has 1 aliphatic carbocycles. The fourth-order valence-electron chi connectivity index (χ4n) is 3.48. The predicted molar refractivity (Wildman–Crippen MR) is 117 cm³/mol. The topological polar surface area (TPSA) is 169 Å². The Balaban J connectivity index is 1.54. The highest BCUT2D eigenvalue weighted by molar-refractivity contribution is 5.91. The maximum absolute atomic E-state index is 12.4. The van der Waals surface area contributed by atoms with Gasteiger partial charge < -0.3 is 21.3 Å². The van der Waals surface area contributed by atoms with Gasteiger partial charge in [-0.05, 0) is 37.1 Å². The number of non-ortho nitro benzene ring substituents is 2. The average Bonchev–Trinajstić information content (AvgIpc) is 2.76. The minimum absolute atomic E-state index is 0.0773. The lowest BCUT2D eigenvalue weighted by atomic mass is 9.90. The molecule has 1 fully saturated rings. The van der Waals surface area contributed by atoms with Gasteiger partial charge in [0.05, 0.1) is 21.9 Å². The highest BCUT2D eigenvalue weighted by atomic mass is 16.6. The number of nitro groups is 2. The normalized spacial score (nSPS) is 17.6. The van der Waals surface area contributed by atoms with Crippen LogP contribution in [0.4, 0.5) is 32.3 Å². The summed E-state index contributed by atoms with van der Waals surface area (Å²) in [6.07, 6.45) is 3.14. The van der Waals surface area contributed by atoms with E-state index in [1.807, 2.05) is 0 Å². The van der Waals surface area contributed by atoms with Gasteiger partial charge in [-0.15, -0.1) is 0 Å². The highest BCUT2D eigenvalue weighted by Crippen LogP contribution is 2.20. The highest BCUT2D eigenvalue weighted by Gasteiger charge is 2.28. The van der Waals surface area contributed by atoms with Crippen LogP contribution in [0.3, 0.4) is 0 Å². The average molecular weight is 442 g/mol. The van der Waals surface area contributed by atoms with Crippen molar-refractivity contribution in [2.45, 2.75) is 37.8 Å². The van der Waals surface area contributed by atoms with E-state index in [0.717, 1.165) is 12.8 Å². The van der Waals surface area contributed by atoms with Crippen molar-refractivity contribution in [1.82, 2.24) is 10.6 Å². The molecule has 1 aliphatic rings. The van der Waals surface area contributed by atoms with Crippen molar-refractivity contribution in [2.24, 2.45) is 0 Å². The molecule has 2 aromatic carbocycles. The minimum atomic E-state index is -0.524. The Morgan fingerprint density at radius 1 is 0.688 bits per heavy atom. The number of hydrogen-bond donors (Lipinski definition) is 4. The summed E-state index contributed by atoms with van der Waals surface area (Å²) in [4.78, 5) is 45.1. The molecular formula is C20H22N6O6. The fraction of sp³-hybridized carbons (Fsp3) is 0.300. The Labute approximate surface area is 182 Å². The zero-order chi connectivity index (χ0) is 23.1. The van der Waals surface area contributed by atoms with Gasteiger partial charge in [-0.2, -0.15) is 0 Å². The SMILES string of the molecule is O=C(Nc1ccc([N+](=O)[O-])cc1)N[C@@H]1CCCC[C@H]1NC(=O)Nc1ccc([N+](=O)[O-])cc1. The van der Waals surface area contributed by atoms with E-state index in [2.05, 4.69) is 21.3 Å². The zero-order valence-electron chi connectivity index (χ0n) is 16.9. The smallest absolute Gasteiger partial charge is 0.319 e. The summed E-state index contributed by atoms with van der Waals surface area (Å²) in [5, 5.41) is 32.4. The molecule has 0 aromatic heterocycles. The molecule has 2 atom stereocenters. The lowest BCUT2D eigenvalue weighted by Crippen LogP contribution is -2.54. The third kappa shape index (κ3) is 6.14. The Kier molecular flexibility index (Phi) is 7.16. The molecule has 12 heteroatoms. The maximum Gasteiger partial charge on any atom is 0.319 e. The standard InChI is InChI=1S/C20H22N6O6/c27-19(21-13-5-9-15(10-6-13)25(29)30)23-17-3-1-2-4-18(17)24-20(28)22-14-7-11-16(12-8-14)26(31)32/h5-12,17-18H,1-4H2,(H2,21,23,27)(H2,22,24,28)/t17-,18-/m1/s1. The van der Waals surface area contributed by atoms with E-state index < -0.39 is 21.9 Å². The summed E-state index contributed by atoms with van der Waals surface area (Å²) < 4.78 is 0. The van der Waals surface area contributed by atoms with Gasteiger partial charge in [0.15, 0.2) is 0 Å². The van der Waals surface area contributed by atoms with Crippen LogP contribution in [-0.2, 0) is 0 Å². The predicted octanol–water partition coefficient (Wildman–Crippen LogP) is 3.76. The Hall–Kier alpha value is -4.22. The number of carbonyl (C=O) groups is 2. The maximum atomic E-state index is 12.4. The Morgan fingerprint density at radius 3 is 1.34 bits per heavy atom. The molecule has 3 rings (SSSR count). The number of nitrogens with zero attached hydrogens (tertiary/aromatic N) is 2. The first-order valence-corrected chi connectivity index (χ1v) is 9.96. The monoisotopic (exact) mass is 442 g/mol. The van der Waals surface area contributed by atoms with Gasteiger partial charge in [-0.1, -0.05) is 12.8 Å². The summed E-state index contributed by atoms with van der Waals surface area (Å²) in [6.45, 7) is 0. The number of nitro benzene ring substituents is 2. The van der Waals surface area contributed by atoms with Crippen LogP contribution >= 0.6 is 0 Å². The molecule has 0 saturated heterocycles. The van der Waals surface area contributed by atoms with E-state index in [4.69, 9.17) is 0 Å². The van der Waals surface area contributed by atoms with Crippen molar-refractivity contribution < 1.29 is 19.4 Å². The van der Waals surface area contributed by atoms with E-state index >= 15 is 0 Å². The van der Waals surface area contributed by atoms with Crippen molar-refractivity contribution in [3.05, 3.63) is 68.8 Å². The van der Waals surface area contributed by atoms with Crippen molar-refractivity contribution in [2.75, 3.05) is 10.6 Å². The van der Waals surface area contributed by atoms with E-state index in [1.54, 1.807) is 0 Å². The quantitative estimate of drug-likeness (QED) is 0.392. The number of urea groups is 2. The van der Waals surface area contributed by atoms with E-state index in [9.17, 15) is 29.8 Å². The molecule has 32 heavy (non-hydrogen) atoms. The van der Waals surface area contributed by atoms with Crippen LogP contribution in [-0.4, -0.2) is 34.0 Å². The van der Waals surface area contributed by atoms with Gasteiger partial charge in [0, 0.05) is 35.6 Å². The van der Waals surface area contributed by atoms with E-state index in [-0.39, 0.29) is 23.5 Å². The lowest BCUT2D eigenvalue weighted by Gasteiger charge is -2.32. The van der Waals surface area contributed by atoms with Gasteiger partial charge in [0.1, 0.15) is 0 Å². The van der Waals surface area contributed by atoms with E-state index in [1.165, 1.54) is 48.5 Å². The molecule has 0 heterocycles. The fourth-order valence-corrected chi connectivity index (χ4v) is 3.48. The molecule has 12 nitrogen and oxygen atoms in total. The van der Waals surface area contributed by atoms with Crippen molar-refractivity contribution in [3.63, 3.8) is 0 Å². The molecular weight excluding hydrogens is 420 g/mol. The molecule has 0 spiro atoms. The summed E-state index contributed by atoms with van der Waals surface area (Å²) in [6, 6.07) is 9.37. The largest absolute Gasteiger partial charge is 0.333 e. The van der Waals surface area contributed by atoms with Gasteiger partial charge in [-0.25, -0.2) is 9.59 Å². The van der Waals surface area contributed by atoms with Crippen LogP contribution in [0.1, 0.15) is 25.7 Å². The second kappa shape index (κ2) is 10.2. The number of anilines is 2. The van der Waals surface area contributed by atoms with Crippen molar-refractivity contribution in [3.8, 4) is 0 Å². The molecule has 4 N–H and O–H groups in total. The summed E-state index contributed by atoms with van der Waals surface area (Å²) in [5.41, 5.74) is 0.659. The third-order valence-corrected chi connectivity index (χ3v) is 5.07. The molecule has 0 radical (unpaired) electrons. The summed E-state index contributed by atoms with van der Waals surface area (Å²) >= 11 is 0. The Bertz CT molecular complexity index is 913. The molecule has 2 aromatic rings. The number of nitrogens with one attached hydrogen (secondary N) is 4. The van der Waals surface area contributed by atoms with Crippen molar-refractivity contribution >= 4 is 34.8 Å². The number of hydrogen-bond acceptors (Lipinski definition) is 6. The zero-order valence-corrected chi connectivity index (χ0v) is 16.9. The molecule has 0 aliphatic heterocycles. The van der Waals surface area contributed by atoms with Crippen LogP contribution in [0.25, 0.3) is 0 Å². The first-order valence-electron chi connectivity index (χ1n) is 9.96. The van der Waals surface area contributed by atoms with E-state index in [0.29, 0.717) is 24.2 Å². The second-order valence-corrected chi connectivity index (χ2v) is 7.30. The third-order valence-electron chi connectivity index (χ3n) is 5.07. The first-order chi connectivity index (χ1) is 15.3. The number of carbonyl (C=O) groups excluding carboxylic acids is 2. The molecule has 0 unspecified atom stereocenters. The van der Waals surface area contributed by atoms with Crippen LogP contribution in [0.15, 0.2) is 48.5 Å². The van der Waals surface area contributed by atoms with Gasteiger partial charge in [0.25, 0.3) is 11.4 Å². The van der Waals surface area contributed by atoms with Gasteiger partial charge in [-0.3, -0.25) is 20.2 Å². The van der Waals surface area contributed by atoms with Crippen LogP contribution in [0, 0.1) is 20.2 Å². The second-order valence-electron chi connectivity index (χ2n) is 7.30. The van der Waals surface area contributed by atoms with Gasteiger partial charge in [0.2, 0.25) is 0 Å². The molecule has 168 valence electrons. The van der Waals surface area contributed by atoms with Crippen LogP contribution < -0.4 is 21.3 Å². The summed E-state index contributed by atoms with van der Waals surface area (Å²) in [7, 11) is 0. The van der Waals surface area contributed by atoms with Crippen LogP contribution in [0.5, 0.6) is 0 Å². The van der Waals surface area contributed by atoms with Crippen molar-refractivity contribution in [1.29, 1.82) is 0 Å². The number of amides is 4. The van der Waals surface area contributed by atoms with Crippen LogP contribution in [0.2, 0.25) is 0 Å². The summed E-state index contributed by atoms with van der Waals surface area (Å²) in [5.74, 6) is 0. The number of benzene rings is 2. The molecule has 0 bridgehead atoms. The lowest BCUT2D eigenvalue weighted by molar-refractivity contribution is -0.385. The molecule has 4 amide bonds. The first kappa shape index (κ1) is 22.5. The minimum Gasteiger partial charge on any atom is -0.333 e. The van der Waals surface area contributed by atoms with Gasteiger partial charge >= 0.3 is 12.1 Å². The number of rotatable bonds is 6. The Morgan fingerprint density at radius 2 is 1.03 bits per heavy atom. The molecule has 1 saturated carbocycles.